The van der Waals surface area contributed by atoms with Gasteiger partial charge in [0.2, 0.25) is 0 Å². The lowest BCUT2D eigenvalue weighted by molar-refractivity contribution is -0.202. The van der Waals surface area contributed by atoms with Gasteiger partial charge in [-0.2, -0.15) is 23.2 Å². The molecule has 0 bridgehead atoms. The molecule has 1 aliphatic rings. The van der Waals surface area contributed by atoms with Gasteiger partial charge in [-0.3, -0.25) is 0 Å². The predicted octanol–water partition coefficient (Wildman–Crippen LogP) is 2.69. The van der Waals surface area contributed by atoms with Crippen LogP contribution in [0.25, 0.3) is 0 Å². The summed E-state index contributed by atoms with van der Waals surface area (Å²) in [6.07, 6.45) is -1.64. The molecule has 0 fully saturated rings. The Morgan fingerprint density at radius 1 is 1.36 bits per heavy atom. The van der Waals surface area contributed by atoms with Crippen LogP contribution in [0.15, 0.2) is 15.0 Å². The summed E-state index contributed by atoms with van der Waals surface area (Å²) in [5.41, 5.74) is -3.38. The van der Waals surface area contributed by atoms with E-state index in [1.165, 1.54) is 30.4 Å². The minimum atomic E-state index is -5.08. The second-order valence-corrected chi connectivity index (χ2v) is 5.65. The van der Waals surface area contributed by atoms with Gasteiger partial charge in [-0.25, -0.2) is 9.79 Å². The number of halogens is 3. The Morgan fingerprint density at radius 2 is 1.95 bits per heavy atom. The van der Waals surface area contributed by atoms with Crippen molar-refractivity contribution in [2.45, 2.75) is 25.2 Å². The van der Waals surface area contributed by atoms with E-state index in [0.29, 0.717) is 4.38 Å². The number of hydrogen-bond acceptors (Lipinski definition) is 8. The molecule has 0 N–H and O–H groups in total. The van der Waals surface area contributed by atoms with Crippen LogP contribution in [0.5, 0.6) is 0 Å². The molecule has 22 heavy (non-hydrogen) atoms. The van der Waals surface area contributed by atoms with E-state index >= 15 is 0 Å². The molecule has 1 atom stereocenters. The van der Waals surface area contributed by atoms with Crippen molar-refractivity contribution in [2.24, 2.45) is 15.0 Å². The molecule has 0 aromatic rings. The van der Waals surface area contributed by atoms with Crippen LogP contribution in [-0.4, -0.2) is 53.7 Å². The van der Waals surface area contributed by atoms with Gasteiger partial charge < -0.3 is 9.47 Å². The topological polar surface area (TPSA) is 72.6 Å². The molecule has 1 heterocycles. The van der Waals surface area contributed by atoms with E-state index < -0.39 is 23.8 Å². The largest absolute Gasteiger partial charge is 0.465 e. The number of hydrogen-bond donors (Lipinski definition) is 0. The van der Waals surface area contributed by atoms with E-state index in [2.05, 4.69) is 19.7 Å². The number of thioether (sulfide) groups is 2. The van der Waals surface area contributed by atoms with Crippen LogP contribution in [0.2, 0.25) is 0 Å². The third kappa shape index (κ3) is 3.75. The quantitative estimate of drug-likeness (QED) is 0.432. The van der Waals surface area contributed by atoms with Crippen LogP contribution >= 0.6 is 23.5 Å². The van der Waals surface area contributed by atoms with Gasteiger partial charge in [0.15, 0.2) is 5.90 Å². The third-order valence-electron chi connectivity index (χ3n) is 2.46. The number of ether oxygens (including phenoxy) is 2. The van der Waals surface area contributed by atoms with Gasteiger partial charge in [-0.1, -0.05) is 6.92 Å². The first kappa shape index (κ1) is 18.8. The molecule has 0 aliphatic carbocycles. The molecule has 0 aromatic carbocycles. The average Bonchev–Trinajstić information content (AvgIpc) is 2.50. The van der Waals surface area contributed by atoms with Crippen molar-refractivity contribution in [3.8, 4) is 0 Å². The fourth-order valence-corrected chi connectivity index (χ4v) is 2.43. The molecule has 6 nitrogen and oxygen atoms in total. The van der Waals surface area contributed by atoms with Gasteiger partial charge >= 0.3 is 23.8 Å². The molecular weight excluding hydrogens is 343 g/mol. The second-order valence-electron chi connectivity index (χ2n) is 3.80. The molecule has 0 saturated carbocycles. The molecule has 0 aromatic heterocycles. The summed E-state index contributed by atoms with van der Waals surface area (Å²) >= 11 is 2.42. The first-order chi connectivity index (χ1) is 10.2. The number of aliphatic imine (C=N–C) groups is 3. The van der Waals surface area contributed by atoms with Crippen molar-refractivity contribution in [3.63, 3.8) is 0 Å². The summed E-state index contributed by atoms with van der Waals surface area (Å²) in [6.45, 7) is 1.54. The van der Waals surface area contributed by atoms with E-state index in [9.17, 15) is 18.0 Å². The maximum atomic E-state index is 13.4. The normalized spacial score (nSPS) is 21.4. The average molecular weight is 357 g/mol. The van der Waals surface area contributed by atoms with Crippen molar-refractivity contribution in [1.29, 1.82) is 0 Å². The molecule has 0 saturated heterocycles. The summed E-state index contributed by atoms with van der Waals surface area (Å²) in [6, 6.07) is -0.576. The highest BCUT2D eigenvalue weighted by Gasteiger charge is 2.65. The molecule has 1 rings (SSSR count). The molecular formula is C11H14F3N3O3S2. The van der Waals surface area contributed by atoms with Crippen LogP contribution in [-0.2, 0) is 14.3 Å². The van der Waals surface area contributed by atoms with Crippen molar-refractivity contribution >= 4 is 45.8 Å². The number of carbonyl (C=O) groups excluding carboxylic acids is 1. The molecule has 0 radical (unpaired) electrons. The zero-order chi connectivity index (χ0) is 17.0. The van der Waals surface area contributed by atoms with Gasteiger partial charge in [-0.15, -0.1) is 23.5 Å². The van der Waals surface area contributed by atoms with E-state index in [1.54, 1.807) is 12.5 Å². The van der Waals surface area contributed by atoms with Crippen LogP contribution in [0, 0.1) is 0 Å². The van der Waals surface area contributed by atoms with Crippen molar-refractivity contribution in [1.82, 2.24) is 0 Å². The van der Waals surface area contributed by atoms with E-state index in [1.807, 2.05) is 0 Å². The number of esters is 1. The highest BCUT2D eigenvalue weighted by molar-refractivity contribution is 8.38. The SMILES string of the molecule is CCC1=N[C@@](C(=O)OC)(C(F)(F)F)N=C(N=C(SC)SC)O1. The Bertz CT molecular complexity index is 528. The number of carbonyl (C=O) groups is 1. The zero-order valence-electron chi connectivity index (χ0n) is 12.2. The lowest BCUT2D eigenvalue weighted by Crippen LogP contribution is -2.52. The molecule has 11 heteroatoms. The van der Waals surface area contributed by atoms with Gasteiger partial charge in [0, 0.05) is 6.42 Å². The summed E-state index contributed by atoms with van der Waals surface area (Å²) in [7, 11) is 0.833. The number of methoxy groups -OCH3 is 1. The minimum Gasteiger partial charge on any atom is -0.465 e. The Balaban J connectivity index is 3.47. The number of amidine groups is 1. The molecule has 1 aliphatic heterocycles. The molecule has 0 spiro atoms. The van der Waals surface area contributed by atoms with Crippen LogP contribution in [0.1, 0.15) is 13.3 Å². The zero-order valence-corrected chi connectivity index (χ0v) is 13.9. The van der Waals surface area contributed by atoms with Crippen molar-refractivity contribution < 1.29 is 27.4 Å². The minimum absolute atomic E-state index is 0.0389. The number of nitrogens with zero attached hydrogens (tertiary/aromatic N) is 3. The van der Waals surface area contributed by atoms with Gasteiger partial charge in [0.05, 0.1) is 7.11 Å². The lowest BCUT2D eigenvalue weighted by atomic mass is 10.1. The molecule has 124 valence electrons. The maximum absolute atomic E-state index is 13.4. The summed E-state index contributed by atoms with van der Waals surface area (Å²) in [5, 5.41) is 0. The Labute approximate surface area is 133 Å². The van der Waals surface area contributed by atoms with Crippen LogP contribution in [0.3, 0.4) is 0 Å². The number of alkyl halides is 3. The standard InChI is InChI=1S/C11H14F3N3O3S2/c1-5-6-16-10(7(18)19-2,11(12,13)14)17-8(20-6)15-9(21-3)22-4/h5H2,1-4H3/t10-/m1/s1. The fourth-order valence-electron chi connectivity index (χ4n) is 1.42. The smallest absolute Gasteiger partial charge is 0.446 e. The molecule has 0 amide bonds. The van der Waals surface area contributed by atoms with Crippen molar-refractivity contribution in [2.75, 3.05) is 19.6 Å². The monoisotopic (exact) mass is 357 g/mol. The second kappa shape index (κ2) is 7.36. The maximum Gasteiger partial charge on any atom is 0.446 e. The van der Waals surface area contributed by atoms with Gasteiger partial charge in [0.1, 0.15) is 4.38 Å². The van der Waals surface area contributed by atoms with E-state index in [-0.39, 0.29) is 12.3 Å². The van der Waals surface area contributed by atoms with E-state index in [0.717, 1.165) is 7.11 Å². The first-order valence-electron chi connectivity index (χ1n) is 5.92. The fraction of sp³-hybridized carbons (Fsp3) is 0.636. The third-order valence-corrected chi connectivity index (χ3v) is 4.34. The lowest BCUT2D eigenvalue weighted by Gasteiger charge is -2.29. The number of rotatable bonds is 2. The summed E-state index contributed by atoms with van der Waals surface area (Å²) in [4.78, 5) is 22.2. The Hall–Kier alpha value is -1.23. The van der Waals surface area contributed by atoms with Crippen LogP contribution < -0.4 is 0 Å². The Kier molecular flexibility index (Phi) is 6.29. The van der Waals surface area contributed by atoms with Gasteiger partial charge in [0.25, 0.3) is 0 Å². The van der Waals surface area contributed by atoms with Gasteiger partial charge in [-0.05, 0) is 12.5 Å². The highest BCUT2D eigenvalue weighted by atomic mass is 32.2. The highest BCUT2D eigenvalue weighted by Crippen LogP contribution is 2.38. The van der Waals surface area contributed by atoms with Crippen LogP contribution in [0.4, 0.5) is 13.2 Å². The first-order valence-corrected chi connectivity index (χ1v) is 8.37. The summed E-state index contributed by atoms with van der Waals surface area (Å²) in [5.74, 6) is -1.94. The van der Waals surface area contributed by atoms with E-state index in [4.69, 9.17) is 4.74 Å². The summed E-state index contributed by atoms with van der Waals surface area (Å²) < 4.78 is 49.9. The predicted molar refractivity (Wildman–Crippen MR) is 81.5 cm³/mol. The van der Waals surface area contributed by atoms with Crippen molar-refractivity contribution in [3.05, 3.63) is 0 Å². The Morgan fingerprint density at radius 3 is 2.36 bits per heavy atom. The molecule has 0 unspecified atom stereocenters.